The van der Waals surface area contributed by atoms with E-state index in [0.29, 0.717) is 18.0 Å². The minimum atomic E-state index is 0.416. The first-order valence-corrected chi connectivity index (χ1v) is 9.79. The van der Waals surface area contributed by atoms with Crippen LogP contribution in [0.3, 0.4) is 0 Å². The van der Waals surface area contributed by atoms with Crippen molar-refractivity contribution in [1.29, 1.82) is 0 Å². The predicted molar refractivity (Wildman–Crippen MR) is 103 cm³/mol. The summed E-state index contributed by atoms with van der Waals surface area (Å²) in [5.74, 6) is 2.61. The number of aryl methyl sites for hydroxylation is 1. The Bertz CT molecular complexity index is 662. The van der Waals surface area contributed by atoms with Gasteiger partial charge in [0.25, 0.3) is 0 Å². The van der Waals surface area contributed by atoms with Crippen LogP contribution in [0.25, 0.3) is 0 Å². The average molecular weight is 341 g/mol. The van der Waals surface area contributed by atoms with Crippen LogP contribution in [0, 0.1) is 6.92 Å². The number of likely N-dealkylation sites (tertiary alicyclic amines) is 1. The summed E-state index contributed by atoms with van der Waals surface area (Å²) in [5.41, 5.74) is 1.42. The zero-order chi connectivity index (χ0) is 17.8. The fraction of sp³-hybridized carbons (Fsp3) is 0.619. The van der Waals surface area contributed by atoms with Crippen LogP contribution in [-0.4, -0.2) is 32.3 Å². The highest BCUT2D eigenvalue weighted by Crippen LogP contribution is 2.31. The van der Waals surface area contributed by atoms with Crippen LogP contribution in [0.15, 0.2) is 30.3 Å². The van der Waals surface area contributed by atoms with Gasteiger partial charge in [0.05, 0.1) is 0 Å². The highest BCUT2D eigenvalue weighted by atomic mass is 15.3. The van der Waals surface area contributed by atoms with Gasteiger partial charge in [-0.1, -0.05) is 51.1 Å². The van der Waals surface area contributed by atoms with Gasteiger partial charge < -0.3 is 4.57 Å². The lowest BCUT2D eigenvalue weighted by molar-refractivity contribution is 0.207. The Morgan fingerprint density at radius 2 is 1.92 bits per heavy atom. The summed E-state index contributed by atoms with van der Waals surface area (Å²) < 4.78 is 2.41. The predicted octanol–water partition coefficient (Wildman–Crippen LogP) is 4.72. The van der Waals surface area contributed by atoms with E-state index in [1.807, 2.05) is 0 Å². The molecule has 4 nitrogen and oxygen atoms in total. The Kier molecular flexibility index (Phi) is 5.89. The monoisotopic (exact) mass is 340 g/mol. The van der Waals surface area contributed by atoms with Gasteiger partial charge >= 0.3 is 0 Å². The molecular formula is C21H32N4. The van der Waals surface area contributed by atoms with Crippen molar-refractivity contribution < 1.29 is 0 Å². The first kappa shape index (κ1) is 18.1. The van der Waals surface area contributed by atoms with E-state index in [4.69, 9.17) is 0 Å². The van der Waals surface area contributed by atoms with E-state index in [9.17, 15) is 0 Å². The van der Waals surface area contributed by atoms with Gasteiger partial charge in [-0.05, 0) is 44.7 Å². The smallest absolute Gasteiger partial charge is 0.135 e. The maximum absolute atomic E-state index is 4.44. The van der Waals surface area contributed by atoms with Gasteiger partial charge in [-0.3, -0.25) is 4.90 Å². The molecule has 2 atom stereocenters. The molecule has 0 bridgehead atoms. The van der Waals surface area contributed by atoms with Gasteiger partial charge in [-0.15, -0.1) is 10.2 Å². The summed E-state index contributed by atoms with van der Waals surface area (Å²) in [6.45, 7) is 11.1. The molecule has 4 heteroatoms. The SMILES string of the molecule is CCC(CC1CCCN1Cc1ccccc1)n1c(C)nnc1C(C)C. The van der Waals surface area contributed by atoms with Crippen molar-refractivity contribution in [2.24, 2.45) is 0 Å². The van der Waals surface area contributed by atoms with Gasteiger partial charge in [0.15, 0.2) is 0 Å². The fourth-order valence-corrected chi connectivity index (χ4v) is 4.19. The molecule has 136 valence electrons. The van der Waals surface area contributed by atoms with E-state index in [0.717, 1.165) is 24.6 Å². The van der Waals surface area contributed by atoms with Crippen LogP contribution in [0.1, 0.15) is 75.6 Å². The largest absolute Gasteiger partial charge is 0.312 e. The molecule has 25 heavy (non-hydrogen) atoms. The van der Waals surface area contributed by atoms with Crippen molar-refractivity contribution in [3.8, 4) is 0 Å². The summed E-state index contributed by atoms with van der Waals surface area (Å²) in [5, 5.41) is 8.81. The topological polar surface area (TPSA) is 34.0 Å². The van der Waals surface area contributed by atoms with Crippen LogP contribution in [0.2, 0.25) is 0 Å². The molecule has 1 aliphatic rings. The molecule has 1 fully saturated rings. The van der Waals surface area contributed by atoms with E-state index >= 15 is 0 Å². The second-order valence-electron chi connectivity index (χ2n) is 7.68. The van der Waals surface area contributed by atoms with E-state index in [-0.39, 0.29) is 0 Å². The number of hydrogen-bond acceptors (Lipinski definition) is 3. The van der Waals surface area contributed by atoms with Crippen molar-refractivity contribution >= 4 is 0 Å². The maximum Gasteiger partial charge on any atom is 0.135 e. The summed E-state index contributed by atoms with van der Waals surface area (Å²) >= 11 is 0. The van der Waals surface area contributed by atoms with Gasteiger partial charge in [0.1, 0.15) is 11.6 Å². The Labute approximate surface area is 152 Å². The number of hydrogen-bond donors (Lipinski definition) is 0. The zero-order valence-electron chi connectivity index (χ0n) is 16.2. The molecule has 3 rings (SSSR count). The molecule has 0 N–H and O–H groups in total. The summed E-state index contributed by atoms with van der Waals surface area (Å²) in [6, 6.07) is 12.0. The third kappa shape index (κ3) is 4.12. The van der Waals surface area contributed by atoms with Crippen molar-refractivity contribution in [3.63, 3.8) is 0 Å². The van der Waals surface area contributed by atoms with Gasteiger partial charge in [-0.25, -0.2) is 0 Å². The molecule has 0 aliphatic carbocycles. The number of benzene rings is 1. The second kappa shape index (κ2) is 8.13. The van der Waals surface area contributed by atoms with Crippen molar-refractivity contribution in [1.82, 2.24) is 19.7 Å². The van der Waals surface area contributed by atoms with Crippen LogP contribution in [0.4, 0.5) is 0 Å². The van der Waals surface area contributed by atoms with Crippen molar-refractivity contribution in [3.05, 3.63) is 47.5 Å². The molecule has 0 saturated carbocycles. The Morgan fingerprint density at radius 1 is 1.16 bits per heavy atom. The molecule has 2 heterocycles. The molecule has 0 spiro atoms. The molecule has 0 amide bonds. The Balaban J connectivity index is 1.74. The Morgan fingerprint density at radius 3 is 2.60 bits per heavy atom. The summed E-state index contributed by atoms with van der Waals surface area (Å²) in [6.07, 6.45) is 4.95. The summed E-state index contributed by atoms with van der Waals surface area (Å²) in [7, 11) is 0. The second-order valence-corrected chi connectivity index (χ2v) is 7.68. The lowest BCUT2D eigenvalue weighted by Gasteiger charge is -2.30. The van der Waals surface area contributed by atoms with Crippen LogP contribution in [-0.2, 0) is 6.54 Å². The fourth-order valence-electron chi connectivity index (χ4n) is 4.19. The minimum Gasteiger partial charge on any atom is -0.312 e. The minimum absolute atomic E-state index is 0.416. The van der Waals surface area contributed by atoms with Gasteiger partial charge in [0.2, 0.25) is 0 Å². The number of nitrogens with zero attached hydrogens (tertiary/aromatic N) is 4. The molecule has 1 aliphatic heterocycles. The lowest BCUT2D eigenvalue weighted by atomic mass is 10.0. The van der Waals surface area contributed by atoms with Crippen molar-refractivity contribution in [2.75, 3.05) is 6.54 Å². The molecule has 1 aromatic carbocycles. The summed E-state index contributed by atoms with van der Waals surface area (Å²) in [4.78, 5) is 2.67. The van der Waals surface area contributed by atoms with Gasteiger partial charge in [-0.2, -0.15) is 0 Å². The quantitative estimate of drug-likeness (QED) is 0.731. The van der Waals surface area contributed by atoms with E-state index in [1.54, 1.807) is 0 Å². The first-order chi connectivity index (χ1) is 12.1. The van der Waals surface area contributed by atoms with Crippen LogP contribution in [0.5, 0.6) is 0 Å². The molecule has 2 aromatic rings. The zero-order valence-corrected chi connectivity index (χ0v) is 16.2. The maximum atomic E-state index is 4.44. The highest BCUT2D eigenvalue weighted by Gasteiger charge is 2.29. The average Bonchev–Trinajstić information content (AvgIpc) is 3.20. The van der Waals surface area contributed by atoms with Crippen molar-refractivity contribution in [2.45, 2.75) is 77.9 Å². The Hall–Kier alpha value is -1.68. The highest BCUT2D eigenvalue weighted by molar-refractivity contribution is 5.15. The molecule has 1 saturated heterocycles. The molecule has 2 unspecified atom stereocenters. The van der Waals surface area contributed by atoms with Crippen LogP contribution < -0.4 is 0 Å². The number of rotatable bonds is 7. The normalized spacial score (nSPS) is 19.6. The molecule has 1 aromatic heterocycles. The third-order valence-electron chi connectivity index (χ3n) is 5.52. The lowest BCUT2D eigenvalue weighted by Crippen LogP contribution is -2.32. The molecular weight excluding hydrogens is 308 g/mol. The van der Waals surface area contributed by atoms with E-state index in [2.05, 4.69) is 77.7 Å². The molecule has 0 radical (unpaired) electrons. The standard InChI is InChI=1S/C21H32N4/c1-5-19(25-17(4)22-23-21(25)16(2)3)14-20-12-9-13-24(20)15-18-10-7-6-8-11-18/h6-8,10-11,16,19-20H,5,9,12-15H2,1-4H3. The van der Waals surface area contributed by atoms with Crippen LogP contribution >= 0.6 is 0 Å². The number of aromatic nitrogens is 3. The van der Waals surface area contributed by atoms with E-state index < -0.39 is 0 Å². The van der Waals surface area contributed by atoms with Gasteiger partial charge in [0, 0.05) is 24.5 Å². The first-order valence-electron chi connectivity index (χ1n) is 9.79. The van der Waals surface area contributed by atoms with E-state index in [1.165, 1.54) is 31.4 Å². The third-order valence-corrected chi connectivity index (χ3v) is 5.52.